The van der Waals surface area contributed by atoms with Gasteiger partial charge >= 0.3 is 18.0 Å². The van der Waals surface area contributed by atoms with Gasteiger partial charge in [0.15, 0.2) is 0 Å². The van der Waals surface area contributed by atoms with E-state index in [-0.39, 0.29) is 28.5 Å². The van der Waals surface area contributed by atoms with Crippen molar-refractivity contribution in [3.05, 3.63) is 74.9 Å². The summed E-state index contributed by atoms with van der Waals surface area (Å²) in [6.45, 7) is 1.45. The van der Waals surface area contributed by atoms with Gasteiger partial charge in [-0.3, -0.25) is 5.73 Å². The Morgan fingerprint density at radius 1 is 1.28 bits per heavy atom. The number of rotatable bonds is 4. The molecule has 5 N–H and O–H groups in total. The maximum absolute atomic E-state index is 13.2. The van der Waals surface area contributed by atoms with Gasteiger partial charge in [0.2, 0.25) is 0 Å². The van der Waals surface area contributed by atoms with Crippen LogP contribution in [0.25, 0.3) is 0 Å². The summed E-state index contributed by atoms with van der Waals surface area (Å²) in [4.78, 5) is 25.6. The van der Waals surface area contributed by atoms with Crippen molar-refractivity contribution < 1.29 is 28.1 Å². The van der Waals surface area contributed by atoms with Crippen LogP contribution in [-0.2, 0) is 4.79 Å². The topological polar surface area (TPSA) is 136 Å². The highest BCUT2D eigenvalue weighted by Gasteiger charge is 2.46. The Morgan fingerprint density at radius 3 is 2.50 bits per heavy atom. The maximum Gasteiger partial charge on any atom is 0.380 e. The molecule has 11 heteroatoms. The van der Waals surface area contributed by atoms with Crippen LogP contribution in [0.4, 0.5) is 19.3 Å². The molecule has 1 unspecified atom stereocenters. The highest BCUT2D eigenvalue weighted by molar-refractivity contribution is 9.10. The number of halogens is 3. The van der Waals surface area contributed by atoms with Gasteiger partial charge in [0.1, 0.15) is 17.3 Å². The lowest BCUT2D eigenvalue weighted by Gasteiger charge is -2.32. The molecule has 2 aromatic rings. The lowest BCUT2D eigenvalue weighted by molar-refractivity contribution is -0.396. The van der Waals surface area contributed by atoms with Gasteiger partial charge < -0.3 is 10.8 Å². The quantitative estimate of drug-likeness (QED) is 0.545. The van der Waals surface area contributed by atoms with Crippen LogP contribution in [-0.4, -0.2) is 32.5 Å². The number of hydrogen-bond acceptors (Lipinski definition) is 4. The van der Waals surface area contributed by atoms with Crippen LogP contribution in [0, 0.1) is 11.3 Å². The van der Waals surface area contributed by atoms with Crippen molar-refractivity contribution in [2.45, 2.75) is 19.4 Å². The molecule has 0 spiro atoms. The first-order chi connectivity index (χ1) is 15.1. The predicted molar refractivity (Wildman–Crippen MR) is 114 cm³/mol. The maximum atomic E-state index is 13.2. The van der Waals surface area contributed by atoms with Crippen molar-refractivity contribution in [1.82, 2.24) is 4.90 Å². The van der Waals surface area contributed by atoms with E-state index in [0.29, 0.717) is 15.6 Å². The number of nitrogens with two attached hydrogens (primary N) is 2. The Morgan fingerprint density at radius 2 is 1.97 bits per heavy atom. The average molecular weight is 505 g/mol. The van der Waals surface area contributed by atoms with Crippen LogP contribution >= 0.6 is 15.9 Å². The zero-order chi connectivity index (χ0) is 23.7. The number of aliphatic carboxylic acids is 1. The summed E-state index contributed by atoms with van der Waals surface area (Å²) in [5.74, 6) is -1.62. The Labute approximate surface area is 189 Å². The van der Waals surface area contributed by atoms with E-state index in [0.717, 1.165) is 11.0 Å². The molecule has 0 bridgehead atoms. The molecule has 0 saturated heterocycles. The third-order valence-electron chi connectivity index (χ3n) is 5.01. The lowest BCUT2D eigenvalue weighted by atomic mass is 9.93. The standard InChI is InChI=1S/C21H16BrF2N5O3/c1-10-16(19(30)31)17(14-6-5-11(9-25)7-15(14)22)29(21(27)32)20(26)28(10)13-4-2-3-12(8-13)18(23)24/h2-8,17-18,26H,1H3,(H3,27,30,31,32)/p+1. The van der Waals surface area contributed by atoms with Crippen molar-refractivity contribution in [2.75, 3.05) is 0 Å². The molecule has 1 aliphatic rings. The van der Waals surface area contributed by atoms with Crippen molar-refractivity contribution in [2.24, 2.45) is 11.5 Å². The predicted octanol–water partition coefficient (Wildman–Crippen LogP) is 3.71. The van der Waals surface area contributed by atoms with Gasteiger partial charge in [-0.05, 0) is 31.2 Å². The summed E-state index contributed by atoms with van der Waals surface area (Å²) >= 11 is 3.31. The van der Waals surface area contributed by atoms with Crippen molar-refractivity contribution >= 4 is 39.6 Å². The van der Waals surface area contributed by atoms with Gasteiger partial charge in [-0.2, -0.15) is 10.2 Å². The van der Waals surface area contributed by atoms with Crippen molar-refractivity contribution in [1.29, 1.82) is 5.26 Å². The van der Waals surface area contributed by atoms with E-state index in [2.05, 4.69) is 15.9 Å². The van der Waals surface area contributed by atoms with Gasteiger partial charge in [0, 0.05) is 15.6 Å². The first-order valence-corrected chi connectivity index (χ1v) is 9.90. The Bertz CT molecular complexity index is 1240. The average Bonchev–Trinajstić information content (AvgIpc) is 2.72. The second kappa shape index (κ2) is 8.76. The molecule has 3 rings (SSSR count). The van der Waals surface area contributed by atoms with Crippen molar-refractivity contribution in [3.8, 4) is 6.07 Å². The molecule has 1 aliphatic heterocycles. The Balaban J connectivity index is 2.32. The number of guanidine groups is 1. The molecule has 8 nitrogen and oxygen atoms in total. The van der Waals surface area contributed by atoms with E-state index in [9.17, 15) is 23.5 Å². The monoisotopic (exact) mass is 504 g/mol. The molecule has 32 heavy (non-hydrogen) atoms. The summed E-state index contributed by atoms with van der Waals surface area (Å²) < 4.78 is 28.0. The zero-order valence-electron chi connectivity index (χ0n) is 16.6. The van der Waals surface area contributed by atoms with Crippen LogP contribution in [0.5, 0.6) is 0 Å². The van der Waals surface area contributed by atoms with Gasteiger partial charge in [0.05, 0.1) is 17.3 Å². The normalized spacial score (nSPS) is 16.4. The minimum absolute atomic E-state index is 0.111. The number of alkyl halides is 2. The number of primary amides is 1. The molecule has 164 valence electrons. The fourth-order valence-corrected chi connectivity index (χ4v) is 4.21. The van der Waals surface area contributed by atoms with Gasteiger partial charge in [0.25, 0.3) is 6.43 Å². The molecule has 0 aliphatic carbocycles. The summed E-state index contributed by atoms with van der Waals surface area (Å²) in [5.41, 5.74) is 12.2. The number of allylic oxidation sites excluding steroid dienone is 1. The Kier molecular flexibility index (Phi) is 6.27. The summed E-state index contributed by atoms with van der Waals surface area (Å²) in [7, 11) is 0. The number of urea groups is 1. The number of carboxylic acid groups (broad SMARTS) is 1. The number of carbonyl (C=O) groups is 2. The lowest BCUT2D eigenvalue weighted by Crippen LogP contribution is -2.54. The van der Waals surface area contributed by atoms with Crippen molar-refractivity contribution in [3.63, 3.8) is 0 Å². The molecule has 1 heterocycles. The summed E-state index contributed by atoms with van der Waals surface area (Å²) in [6, 6.07) is 9.29. The van der Waals surface area contributed by atoms with Crippen LogP contribution in [0.15, 0.2) is 58.2 Å². The molecule has 0 aromatic heterocycles. The molecule has 1 atom stereocenters. The second-order valence-electron chi connectivity index (χ2n) is 6.85. The van der Waals surface area contributed by atoms with Crippen LogP contribution in [0.2, 0.25) is 0 Å². The van der Waals surface area contributed by atoms with Crippen LogP contribution in [0.1, 0.15) is 36.1 Å². The highest BCUT2D eigenvalue weighted by atomic mass is 79.9. The first-order valence-electron chi connectivity index (χ1n) is 9.11. The molecular formula is C21H17BrF2N5O3+. The number of carbonyl (C=O) groups excluding carboxylic acids is 1. The fraction of sp³-hybridized carbons (Fsp3) is 0.143. The van der Waals surface area contributed by atoms with E-state index in [1.807, 2.05) is 6.07 Å². The Hall–Kier alpha value is -3.78. The number of benzene rings is 2. The third kappa shape index (κ3) is 3.92. The van der Waals surface area contributed by atoms with Crippen LogP contribution < -0.4 is 11.5 Å². The third-order valence-corrected chi connectivity index (χ3v) is 5.69. The second-order valence-corrected chi connectivity index (χ2v) is 7.71. The molecule has 0 saturated carbocycles. The number of nitrogens with zero attached hydrogens (tertiary/aromatic N) is 3. The molecular weight excluding hydrogens is 488 g/mol. The minimum atomic E-state index is -2.77. The smallest absolute Gasteiger partial charge is 0.380 e. The number of nitriles is 1. The number of amides is 2. The molecule has 2 aromatic carbocycles. The number of carboxylic acids is 1. The van der Waals surface area contributed by atoms with E-state index >= 15 is 0 Å². The largest absolute Gasteiger partial charge is 0.478 e. The van der Waals surface area contributed by atoms with Gasteiger partial charge in [-0.1, -0.05) is 34.1 Å². The molecule has 2 amide bonds. The van der Waals surface area contributed by atoms with Gasteiger partial charge in [-0.25, -0.2) is 22.9 Å². The summed E-state index contributed by atoms with van der Waals surface area (Å²) in [6.07, 6.45) is -2.77. The van der Waals surface area contributed by atoms with Gasteiger partial charge in [-0.15, -0.1) is 0 Å². The summed E-state index contributed by atoms with van der Waals surface area (Å²) in [5, 5.41) is 19.1. The fourth-order valence-electron chi connectivity index (χ4n) is 3.61. The molecule has 0 radical (unpaired) electrons. The number of hydrogen-bond donors (Lipinski definition) is 3. The van der Waals surface area contributed by atoms with E-state index in [4.69, 9.17) is 16.7 Å². The minimum Gasteiger partial charge on any atom is -0.478 e. The molecule has 0 fully saturated rings. The van der Waals surface area contributed by atoms with E-state index in [1.54, 1.807) is 0 Å². The SMILES string of the molecule is CC1=C(C(=O)O)C(c2ccc(C#N)cc2Br)N(C(N)=O)C(N)=[N+]1c1cccc(C(F)F)c1. The van der Waals surface area contributed by atoms with E-state index in [1.165, 1.54) is 47.9 Å². The zero-order valence-corrected chi connectivity index (χ0v) is 18.2. The van der Waals surface area contributed by atoms with Crippen LogP contribution in [0.3, 0.4) is 0 Å². The first kappa shape index (κ1) is 22.9. The van der Waals surface area contributed by atoms with E-state index < -0.39 is 24.5 Å². The highest BCUT2D eigenvalue weighted by Crippen LogP contribution is 2.40.